The van der Waals surface area contributed by atoms with Crippen LogP contribution in [0.25, 0.3) is 0 Å². The van der Waals surface area contributed by atoms with Crippen molar-refractivity contribution in [3.63, 3.8) is 0 Å². The van der Waals surface area contributed by atoms with Gasteiger partial charge >= 0.3 is 0 Å². The first-order chi connectivity index (χ1) is 48.3. The van der Waals surface area contributed by atoms with Crippen LogP contribution in [0.2, 0.25) is 0 Å². The van der Waals surface area contributed by atoms with Gasteiger partial charge in [0.05, 0.1) is 63.5 Å². The molecule has 0 unspecified atom stereocenters. The molecule has 14 rings (SSSR count). The van der Waals surface area contributed by atoms with E-state index in [0.717, 1.165) is 78.0 Å². The van der Waals surface area contributed by atoms with Gasteiger partial charge in [-0.2, -0.15) is 0 Å². The third-order valence-corrected chi connectivity index (χ3v) is 20.6. The monoisotopic (exact) mass is 1410 g/mol. The molecule has 0 saturated carbocycles. The van der Waals surface area contributed by atoms with Gasteiger partial charge in [-0.25, -0.2) is 54.7 Å². The molecule has 29 heteroatoms. The molecule has 0 N–H and O–H groups in total. The fraction of sp³-hybridized carbons (Fsp3) is 0. The number of carbonyl (C=O) groups is 12. The first-order valence-electron chi connectivity index (χ1n) is 29.6. The van der Waals surface area contributed by atoms with Gasteiger partial charge in [0.25, 0.3) is 70.9 Å². The minimum absolute atomic E-state index is 0.0314. The number of anilines is 6. The Kier molecular flexibility index (Phi) is 18.2. The van der Waals surface area contributed by atoms with Crippen LogP contribution in [0.4, 0.5) is 34.1 Å². The highest BCUT2D eigenvalue weighted by molar-refractivity contribution is 7.92. The minimum atomic E-state index is -4.05. The van der Waals surface area contributed by atoms with E-state index in [4.69, 9.17) is 9.47 Å². The van der Waals surface area contributed by atoms with Crippen LogP contribution in [-0.4, -0.2) is 96.1 Å². The van der Waals surface area contributed by atoms with Crippen LogP contribution in [0.5, 0.6) is 23.0 Å². The summed E-state index contributed by atoms with van der Waals surface area (Å²) in [5, 5.41) is 0. The molecule has 101 heavy (non-hydrogen) atoms. The van der Waals surface area contributed by atoms with Crippen molar-refractivity contribution in [3.8, 4) is 23.0 Å². The van der Waals surface area contributed by atoms with Crippen LogP contribution in [0, 0.1) is 0 Å². The number of benzene rings is 8. The number of hydrogen-bond acceptors (Lipinski definition) is 20. The van der Waals surface area contributed by atoms with E-state index in [2.05, 4.69) is 0 Å². The molecule has 500 valence electrons. The van der Waals surface area contributed by atoms with Gasteiger partial charge in [-0.1, -0.05) is 24.3 Å². The molecule has 0 fully saturated rings. The summed E-state index contributed by atoms with van der Waals surface area (Å²) in [6, 6.07) is 46.1. The third-order valence-electron chi connectivity index (χ3n) is 15.3. The van der Waals surface area contributed by atoms with Crippen LogP contribution in [0.3, 0.4) is 0 Å². The summed E-state index contributed by atoms with van der Waals surface area (Å²) in [5.74, 6) is -4.62. The Morgan fingerprint density at radius 1 is 0.188 bits per heavy atom. The maximum atomic E-state index is 13.2. The lowest BCUT2D eigenvalue weighted by Crippen LogP contribution is -2.29. The van der Waals surface area contributed by atoms with Crippen molar-refractivity contribution in [2.24, 2.45) is 0 Å². The molecule has 8 aromatic carbocycles. The van der Waals surface area contributed by atoms with Crippen LogP contribution in [-0.2, 0) is 87.0 Å². The quantitative estimate of drug-likeness (QED) is 0.0835. The molecular formula is C72H44N6O20S3. The van der Waals surface area contributed by atoms with Gasteiger partial charge < -0.3 is 9.47 Å². The Hall–Kier alpha value is -13.5. The fourth-order valence-corrected chi connectivity index (χ4v) is 14.3. The normalized spacial score (nSPS) is 15.6. The smallest absolute Gasteiger partial charge is 0.258 e. The number of carbonyl (C=O) groups excluding carboxylic acids is 12. The molecule has 0 atom stereocenters. The highest BCUT2D eigenvalue weighted by atomic mass is 32.2. The molecule has 0 radical (unpaired) electrons. The molecular weight excluding hydrogens is 1370 g/mol. The van der Waals surface area contributed by atoms with Crippen LogP contribution in [0.15, 0.2) is 296 Å². The lowest BCUT2D eigenvalue weighted by atomic mass is 10.2. The third kappa shape index (κ3) is 13.7. The topological polar surface area (TPSA) is 345 Å². The van der Waals surface area contributed by atoms with Gasteiger partial charge in [0.2, 0.25) is 29.5 Å². The lowest BCUT2D eigenvalue weighted by molar-refractivity contribution is -0.121. The van der Waals surface area contributed by atoms with Crippen LogP contribution in [0.1, 0.15) is 0 Å². The Bertz CT molecular complexity index is 5080. The van der Waals surface area contributed by atoms with E-state index in [1.165, 1.54) is 182 Å². The zero-order valence-corrected chi connectivity index (χ0v) is 53.9. The second-order valence-corrected chi connectivity index (χ2v) is 27.6. The van der Waals surface area contributed by atoms with E-state index in [0.29, 0.717) is 34.4 Å². The second-order valence-electron chi connectivity index (χ2n) is 21.7. The molecule has 0 aromatic heterocycles. The van der Waals surface area contributed by atoms with E-state index in [-0.39, 0.29) is 52.1 Å². The Morgan fingerprint density at radius 2 is 0.386 bits per heavy atom. The summed E-state index contributed by atoms with van der Waals surface area (Å²) in [4.78, 5) is 148. The van der Waals surface area contributed by atoms with Gasteiger partial charge in [-0.05, 0) is 158 Å². The molecule has 0 saturated heterocycles. The average molecular weight is 1410 g/mol. The van der Waals surface area contributed by atoms with Crippen molar-refractivity contribution in [1.82, 2.24) is 0 Å². The first kappa shape index (κ1) is 67.5. The summed E-state index contributed by atoms with van der Waals surface area (Å²) >= 11 is 0. The Labute approximate surface area is 572 Å². The SMILES string of the molecule is O=C1C=CC(=O)N1c1ccc(S(=O)(=O)c2ccc(N3C(=O)C=CC3=O)cc2)cc1.O=C1C=CC(=O)N1c1cccc(Oc2ccc(S(=O)(=O)c3ccc(Oc4cccc(N5C(=O)C=CC5=O)c4)cc3)cc2)c1.O=C1C=CC(=O)N1c1cccc(S(=O)(=O)c2cccc(N3C(=O)C=CC3=O)c2)c1. The van der Waals surface area contributed by atoms with E-state index < -0.39 is 100 Å². The summed E-state index contributed by atoms with van der Waals surface area (Å²) in [6.45, 7) is 0. The number of rotatable bonds is 16. The van der Waals surface area contributed by atoms with E-state index >= 15 is 0 Å². The predicted molar refractivity (Wildman–Crippen MR) is 358 cm³/mol. The van der Waals surface area contributed by atoms with Gasteiger partial charge in [0.15, 0.2) is 0 Å². The van der Waals surface area contributed by atoms with E-state index in [9.17, 15) is 82.8 Å². The molecule has 6 aliphatic rings. The maximum Gasteiger partial charge on any atom is 0.258 e. The summed E-state index contributed by atoms with van der Waals surface area (Å²) in [7, 11) is -11.8. The molecule has 8 aromatic rings. The summed E-state index contributed by atoms with van der Waals surface area (Å²) < 4.78 is 90.0. The van der Waals surface area contributed by atoms with E-state index in [1.54, 1.807) is 36.4 Å². The second kappa shape index (κ2) is 27.2. The highest BCUT2D eigenvalue weighted by Gasteiger charge is 2.33. The number of hydrogen-bond donors (Lipinski definition) is 0. The molecule has 6 aliphatic heterocycles. The number of sulfone groups is 3. The zero-order chi connectivity index (χ0) is 71.7. The minimum Gasteiger partial charge on any atom is -0.457 e. The molecule has 12 amide bonds. The first-order valence-corrected chi connectivity index (χ1v) is 34.0. The van der Waals surface area contributed by atoms with Gasteiger partial charge in [0.1, 0.15) is 23.0 Å². The highest BCUT2D eigenvalue weighted by Crippen LogP contribution is 2.35. The fourth-order valence-electron chi connectivity index (χ4n) is 10.5. The molecule has 0 spiro atoms. The maximum absolute atomic E-state index is 13.2. The summed E-state index contributed by atoms with van der Waals surface area (Å²) in [6.07, 6.45) is 13.7. The molecule has 0 aliphatic carbocycles. The molecule has 0 bridgehead atoms. The van der Waals surface area contributed by atoms with Crippen molar-refractivity contribution >= 4 is 135 Å². The average Bonchev–Trinajstić information content (AvgIpc) is 1.49. The van der Waals surface area contributed by atoms with Gasteiger partial charge in [0, 0.05) is 85.0 Å². The number of imide groups is 6. The molecule has 6 heterocycles. The van der Waals surface area contributed by atoms with Gasteiger partial charge in [-0.15, -0.1) is 0 Å². The van der Waals surface area contributed by atoms with E-state index in [1.807, 2.05) is 0 Å². The van der Waals surface area contributed by atoms with Crippen molar-refractivity contribution in [1.29, 1.82) is 0 Å². The molecule has 26 nitrogen and oxygen atoms in total. The predicted octanol–water partition coefficient (Wildman–Crippen LogP) is 7.72. The van der Waals surface area contributed by atoms with Crippen LogP contribution < -0.4 is 38.9 Å². The van der Waals surface area contributed by atoms with Gasteiger partial charge in [-0.3, -0.25) is 57.5 Å². The van der Waals surface area contributed by atoms with Crippen molar-refractivity contribution in [2.45, 2.75) is 29.4 Å². The number of ether oxygens (including phenoxy) is 2. The Balaban J connectivity index is 0.000000148. The van der Waals surface area contributed by atoms with Crippen molar-refractivity contribution < 1.29 is 92.3 Å². The lowest BCUT2D eigenvalue weighted by Gasteiger charge is -2.16. The number of amides is 12. The number of nitrogens with zero attached hydrogens (tertiary/aromatic N) is 6. The summed E-state index contributed by atoms with van der Waals surface area (Å²) in [5.41, 5.74) is 1.47. The standard InChI is InChI=1S/C32H20N2O8S.2C20H12N2O6S/c35-29-15-16-30(36)33(29)21-3-1-5-25(19-21)41-23-7-11-27(12-8-23)43(39,40)28-13-9-24(10-14-28)42-26-6-2-4-22(20-26)34-31(37)17-18-32(34)38;23-17-9-10-18(24)21(17)13-1-5-15(6-2-13)29(27,28)16-7-3-14(4-8-16)22-19(25)11-12-20(22)26;23-17-7-8-18(24)21(17)13-3-1-5-15(11-13)29(27,28)16-6-2-4-14(12-16)22-19(25)9-10-20(22)26/h1-20H;2*1-12H. The van der Waals surface area contributed by atoms with Crippen LogP contribution >= 0.6 is 0 Å². The van der Waals surface area contributed by atoms with Crippen molar-refractivity contribution in [3.05, 3.63) is 267 Å². The largest absolute Gasteiger partial charge is 0.457 e. The van der Waals surface area contributed by atoms with Crippen molar-refractivity contribution in [2.75, 3.05) is 29.4 Å². The zero-order valence-electron chi connectivity index (χ0n) is 51.5. The Morgan fingerprint density at radius 3 is 0.634 bits per heavy atom.